The van der Waals surface area contributed by atoms with Gasteiger partial charge in [0, 0.05) is 39.0 Å². The first-order valence-electron chi connectivity index (χ1n) is 9.94. The molecule has 1 aromatic heterocycles. The molecule has 0 radical (unpaired) electrons. The van der Waals surface area contributed by atoms with Crippen molar-refractivity contribution in [2.75, 3.05) is 19.6 Å². The molecule has 154 valence electrons. The van der Waals surface area contributed by atoms with Gasteiger partial charge in [-0.2, -0.15) is 0 Å². The zero-order chi connectivity index (χ0) is 18.9. The maximum absolute atomic E-state index is 13.7. The highest BCUT2D eigenvalue weighted by molar-refractivity contribution is 14.0. The van der Waals surface area contributed by atoms with Crippen LogP contribution in [0.3, 0.4) is 0 Å². The Labute approximate surface area is 183 Å². The van der Waals surface area contributed by atoms with Gasteiger partial charge in [0.1, 0.15) is 17.5 Å². The summed E-state index contributed by atoms with van der Waals surface area (Å²) in [5.41, 5.74) is 0.715. The van der Waals surface area contributed by atoms with E-state index < -0.39 is 0 Å². The fourth-order valence-electron chi connectivity index (χ4n) is 3.36. The predicted octanol–water partition coefficient (Wildman–Crippen LogP) is 3.10. The second-order valence-corrected chi connectivity index (χ2v) is 6.77. The molecule has 0 bridgehead atoms. The minimum atomic E-state index is -0.159. The van der Waals surface area contributed by atoms with Crippen molar-refractivity contribution in [3.63, 3.8) is 0 Å². The Bertz CT molecular complexity index is 761. The molecule has 0 saturated heterocycles. The van der Waals surface area contributed by atoms with Gasteiger partial charge >= 0.3 is 0 Å². The van der Waals surface area contributed by atoms with E-state index in [0.29, 0.717) is 25.1 Å². The molecule has 0 spiro atoms. The normalized spacial score (nSPS) is 14.0. The summed E-state index contributed by atoms with van der Waals surface area (Å²) in [5, 5.41) is 15.2. The van der Waals surface area contributed by atoms with E-state index in [0.717, 1.165) is 43.5 Å². The second kappa shape index (κ2) is 12.0. The van der Waals surface area contributed by atoms with Crippen LogP contribution in [0.1, 0.15) is 43.4 Å². The van der Waals surface area contributed by atoms with Crippen LogP contribution in [0.4, 0.5) is 4.39 Å². The van der Waals surface area contributed by atoms with Gasteiger partial charge in [-0.05, 0) is 37.8 Å². The summed E-state index contributed by atoms with van der Waals surface area (Å²) in [6.07, 6.45) is 6.08. The lowest BCUT2D eigenvalue weighted by Crippen LogP contribution is -2.38. The molecule has 28 heavy (non-hydrogen) atoms. The van der Waals surface area contributed by atoms with Crippen LogP contribution < -0.4 is 10.6 Å². The fourth-order valence-corrected chi connectivity index (χ4v) is 3.36. The van der Waals surface area contributed by atoms with Crippen molar-refractivity contribution in [2.24, 2.45) is 4.99 Å². The molecule has 2 heterocycles. The Morgan fingerprint density at radius 1 is 1.14 bits per heavy atom. The molecule has 2 aromatic rings. The molecule has 2 N–H and O–H groups in total. The maximum Gasteiger partial charge on any atom is 0.191 e. The Hall–Kier alpha value is -1.71. The maximum atomic E-state index is 13.7. The average Bonchev–Trinajstić information content (AvgIpc) is 2.90. The third-order valence-electron chi connectivity index (χ3n) is 4.78. The minimum absolute atomic E-state index is 0. The number of fused-ring (bicyclic) bond motifs is 1. The standard InChI is InChI=1S/C20H29FN6.HI/c1-2-22-20(23-13-11-16-8-5-6-9-17(16)21)24-14-12-19-26-25-18-10-4-3-7-15-27(18)19;/h5-6,8-9H,2-4,7,10-15H2,1H3,(H2,22,23,24);1H. The number of halogens is 2. The van der Waals surface area contributed by atoms with E-state index in [9.17, 15) is 4.39 Å². The number of aromatic nitrogens is 3. The lowest BCUT2D eigenvalue weighted by Gasteiger charge is -2.12. The molecular formula is C20H30FIN6. The highest BCUT2D eigenvalue weighted by Crippen LogP contribution is 2.14. The van der Waals surface area contributed by atoms with Crippen LogP contribution >= 0.6 is 24.0 Å². The number of aliphatic imine (C=N–C) groups is 1. The van der Waals surface area contributed by atoms with E-state index in [1.165, 1.54) is 25.3 Å². The SMILES string of the molecule is CCNC(=NCCc1nnc2n1CCCCC2)NCCc1ccccc1F.I. The number of benzene rings is 1. The zero-order valence-corrected chi connectivity index (χ0v) is 18.8. The molecule has 3 rings (SSSR count). The Morgan fingerprint density at radius 3 is 2.82 bits per heavy atom. The predicted molar refractivity (Wildman–Crippen MR) is 121 cm³/mol. The lowest BCUT2D eigenvalue weighted by molar-refractivity contribution is 0.603. The van der Waals surface area contributed by atoms with Gasteiger partial charge in [-0.3, -0.25) is 4.99 Å². The highest BCUT2D eigenvalue weighted by atomic mass is 127. The van der Waals surface area contributed by atoms with Gasteiger partial charge in [-0.15, -0.1) is 34.2 Å². The Kier molecular flexibility index (Phi) is 9.66. The average molecular weight is 500 g/mol. The topological polar surface area (TPSA) is 67.1 Å². The smallest absolute Gasteiger partial charge is 0.191 e. The molecule has 0 aliphatic carbocycles. The number of nitrogens with zero attached hydrogens (tertiary/aromatic N) is 4. The molecule has 6 nitrogen and oxygen atoms in total. The van der Waals surface area contributed by atoms with Gasteiger partial charge in [0.2, 0.25) is 0 Å². The first-order valence-corrected chi connectivity index (χ1v) is 9.94. The molecule has 1 aromatic carbocycles. The van der Waals surface area contributed by atoms with Gasteiger partial charge in [0.15, 0.2) is 5.96 Å². The monoisotopic (exact) mass is 500 g/mol. The van der Waals surface area contributed by atoms with E-state index in [1.807, 2.05) is 19.1 Å². The van der Waals surface area contributed by atoms with Crippen LogP contribution in [-0.4, -0.2) is 40.4 Å². The van der Waals surface area contributed by atoms with Crippen molar-refractivity contribution in [3.8, 4) is 0 Å². The van der Waals surface area contributed by atoms with Crippen LogP contribution in [0, 0.1) is 5.82 Å². The quantitative estimate of drug-likeness (QED) is 0.349. The molecule has 1 aliphatic rings. The van der Waals surface area contributed by atoms with Gasteiger partial charge in [-0.25, -0.2) is 4.39 Å². The Morgan fingerprint density at radius 2 is 2.00 bits per heavy atom. The van der Waals surface area contributed by atoms with Gasteiger partial charge < -0.3 is 15.2 Å². The molecular weight excluding hydrogens is 470 g/mol. The summed E-state index contributed by atoms with van der Waals surface area (Å²) in [4.78, 5) is 4.63. The second-order valence-electron chi connectivity index (χ2n) is 6.77. The first kappa shape index (κ1) is 22.6. The highest BCUT2D eigenvalue weighted by Gasteiger charge is 2.14. The van der Waals surface area contributed by atoms with Crippen molar-refractivity contribution in [1.29, 1.82) is 0 Å². The van der Waals surface area contributed by atoms with Gasteiger partial charge in [-0.1, -0.05) is 24.6 Å². The fraction of sp³-hybridized carbons (Fsp3) is 0.550. The van der Waals surface area contributed by atoms with Gasteiger partial charge in [0.25, 0.3) is 0 Å². The van der Waals surface area contributed by atoms with Crippen molar-refractivity contribution in [3.05, 3.63) is 47.3 Å². The molecule has 0 unspecified atom stereocenters. The number of rotatable bonds is 7. The van der Waals surface area contributed by atoms with Crippen molar-refractivity contribution >= 4 is 29.9 Å². The molecule has 1 aliphatic heterocycles. The number of aryl methyl sites for hydroxylation is 1. The number of guanidine groups is 1. The van der Waals surface area contributed by atoms with Crippen molar-refractivity contribution in [1.82, 2.24) is 25.4 Å². The van der Waals surface area contributed by atoms with Crippen LogP contribution in [0.15, 0.2) is 29.3 Å². The van der Waals surface area contributed by atoms with E-state index in [1.54, 1.807) is 6.07 Å². The molecule has 0 saturated carbocycles. The van der Waals surface area contributed by atoms with Crippen LogP contribution in [0.25, 0.3) is 0 Å². The first-order chi connectivity index (χ1) is 13.3. The summed E-state index contributed by atoms with van der Waals surface area (Å²) in [7, 11) is 0. The molecule has 0 fully saturated rings. The van der Waals surface area contributed by atoms with Gasteiger partial charge in [0.05, 0.1) is 0 Å². The number of hydrogen-bond acceptors (Lipinski definition) is 3. The molecule has 8 heteroatoms. The third kappa shape index (κ3) is 6.42. The molecule has 0 amide bonds. The third-order valence-corrected chi connectivity index (χ3v) is 4.78. The van der Waals surface area contributed by atoms with E-state index in [-0.39, 0.29) is 29.8 Å². The van der Waals surface area contributed by atoms with Crippen molar-refractivity contribution < 1.29 is 4.39 Å². The summed E-state index contributed by atoms with van der Waals surface area (Å²) in [5.74, 6) is 2.73. The minimum Gasteiger partial charge on any atom is -0.357 e. The van der Waals surface area contributed by atoms with Crippen LogP contribution in [0.2, 0.25) is 0 Å². The summed E-state index contributed by atoms with van der Waals surface area (Å²) in [6.45, 7) is 5.11. The number of hydrogen-bond donors (Lipinski definition) is 2. The Balaban J connectivity index is 0.00000280. The zero-order valence-electron chi connectivity index (χ0n) is 16.5. The van der Waals surface area contributed by atoms with Crippen LogP contribution in [0.5, 0.6) is 0 Å². The number of nitrogens with one attached hydrogen (secondary N) is 2. The van der Waals surface area contributed by atoms with E-state index >= 15 is 0 Å². The summed E-state index contributed by atoms with van der Waals surface area (Å²) < 4.78 is 16.0. The van der Waals surface area contributed by atoms with E-state index in [2.05, 4.69) is 30.4 Å². The van der Waals surface area contributed by atoms with E-state index in [4.69, 9.17) is 0 Å². The lowest BCUT2D eigenvalue weighted by atomic mass is 10.1. The largest absolute Gasteiger partial charge is 0.357 e. The summed E-state index contributed by atoms with van der Waals surface area (Å²) in [6, 6.07) is 6.89. The van der Waals surface area contributed by atoms with Crippen molar-refractivity contribution in [2.45, 2.75) is 52.0 Å². The van der Waals surface area contributed by atoms with Crippen LogP contribution in [-0.2, 0) is 25.8 Å². The summed E-state index contributed by atoms with van der Waals surface area (Å²) >= 11 is 0. The molecule has 0 atom stereocenters.